The van der Waals surface area contributed by atoms with Crippen molar-refractivity contribution in [2.24, 2.45) is 5.41 Å². The highest BCUT2D eigenvalue weighted by atomic mass is 16.2. The quantitative estimate of drug-likeness (QED) is 0.756. The Balaban J connectivity index is 2.66. The molecule has 0 aliphatic carbocycles. The van der Waals surface area contributed by atoms with Gasteiger partial charge >= 0.3 is 0 Å². The fraction of sp³-hybridized carbons (Fsp3) is 0.875. The molecule has 1 unspecified atom stereocenters. The van der Waals surface area contributed by atoms with E-state index >= 15 is 0 Å². The van der Waals surface area contributed by atoms with Gasteiger partial charge < -0.3 is 15.1 Å². The molecule has 0 aromatic carbocycles. The van der Waals surface area contributed by atoms with Crippen molar-refractivity contribution in [3.05, 3.63) is 0 Å². The average Bonchev–Trinajstić information content (AvgIpc) is 2.45. The summed E-state index contributed by atoms with van der Waals surface area (Å²) >= 11 is 0. The van der Waals surface area contributed by atoms with Crippen molar-refractivity contribution in [2.45, 2.75) is 52.5 Å². The molecular weight excluding hydrogens is 266 g/mol. The van der Waals surface area contributed by atoms with E-state index in [1.807, 2.05) is 23.9 Å². The number of carbonyl (C=O) groups excluding carboxylic acids is 2. The Morgan fingerprint density at radius 1 is 1.29 bits per heavy atom. The van der Waals surface area contributed by atoms with Gasteiger partial charge in [-0.25, -0.2) is 0 Å². The summed E-state index contributed by atoms with van der Waals surface area (Å²) in [7, 11) is 3.92. The van der Waals surface area contributed by atoms with Crippen LogP contribution in [0.5, 0.6) is 0 Å². The molecule has 122 valence electrons. The molecule has 5 nitrogen and oxygen atoms in total. The zero-order chi connectivity index (χ0) is 16.0. The third-order valence-electron chi connectivity index (χ3n) is 4.31. The molecule has 1 fully saturated rings. The molecule has 2 amide bonds. The number of nitrogens with zero attached hydrogens (tertiary/aromatic N) is 2. The van der Waals surface area contributed by atoms with Crippen molar-refractivity contribution >= 4 is 11.8 Å². The van der Waals surface area contributed by atoms with Crippen molar-refractivity contribution in [3.63, 3.8) is 0 Å². The maximum atomic E-state index is 12.8. The lowest BCUT2D eigenvalue weighted by Crippen LogP contribution is -2.54. The number of amides is 2. The molecule has 1 aliphatic rings. The Hall–Kier alpha value is -1.10. The Labute approximate surface area is 129 Å². The van der Waals surface area contributed by atoms with Gasteiger partial charge in [-0.15, -0.1) is 0 Å². The van der Waals surface area contributed by atoms with Crippen LogP contribution in [0.4, 0.5) is 0 Å². The second-order valence-electron chi connectivity index (χ2n) is 6.74. The van der Waals surface area contributed by atoms with Crippen molar-refractivity contribution in [1.82, 2.24) is 15.1 Å². The van der Waals surface area contributed by atoms with Gasteiger partial charge in [-0.3, -0.25) is 9.59 Å². The van der Waals surface area contributed by atoms with Crippen LogP contribution < -0.4 is 5.32 Å². The normalized spacial score (nSPS) is 19.7. The van der Waals surface area contributed by atoms with Gasteiger partial charge in [0.1, 0.15) is 5.41 Å². The molecule has 0 radical (unpaired) electrons. The maximum Gasteiger partial charge on any atom is 0.237 e. The molecule has 0 bridgehead atoms. The topological polar surface area (TPSA) is 52.7 Å². The van der Waals surface area contributed by atoms with Crippen molar-refractivity contribution in [3.8, 4) is 0 Å². The molecule has 5 heteroatoms. The molecule has 0 saturated carbocycles. The van der Waals surface area contributed by atoms with Crippen LogP contribution in [0, 0.1) is 5.41 Å². The monoisotopic (exact) mass is 297 g/mol. The average molecular weight is 297 g/mol. The van der Waals surface area contributed by atoms with Crippen molar-refractivity contribution < 1.29 is 9.59 Å². The third-order valence-corrected chi connectivity index (χ3v) is 4.31. The van der Waals surface area contributed by atoms with Crippen LogP contribution in [0.25, 0.3) is 0 Å². The summed E-state index contributed by atoms with van der Waals surface area (Å²) in [5.74, 6) is -0.203. The SMILES string of the molecule is CCC1CCCCN1C(=O)C(C)(C)C(=O)NCCN(C)C. The summed E-state index contributed by atoms with van der Waals surface area (Å²) in [6.07, 6.45) is 4.24. The fourth-order valence-corrected chi connectivity index (χ4v) is 2.76. The van der Waals surface area contributed by atoms with Gasteiger partial charge in [0.2, 0.25) is 11.8 Å². The van der Waals surface area contributed by atoms with Crippen LogP contribution >= 0.6 is 0 Å². The summed E-state index contributed by atoms with van der Waals surface area (Å²) < 4.78 is 0. The summed E-state index contributed by atoms with van der Waals surface area (Å²) in [5, 5.41) is 2.88. The molecule has 1 atom stereocenters. The highest BCUT2D eigenvalue weighted by Crippen LogP contribution is 2.26. The van der Waals surface area contributed by atoms with Gasteiger partial charge in [0.05, 0.1) is 0 Å². The predicted octanol–water partition coefficient (Wildman–Crippen LogP) is 1.48. The number of hydrogen-bond acceptors (Lipinski definition) is 3. The van der Waals surface area contributed by atoms with Gasteiger partial charge in [0.15, 0.2) is 0 Å². The molecule has 1 aliphatic heterocycles. The molecule has 1 heterocycles. The van der Waals surface area contributed by atoms with Crippen LogP contribution in [0.1, 0.15) is 46.5 Å². The lowest BCUT2D eigenvalue weighted by Gasteiger charge is -2.39. The number of carbonyl (C=O) groups is 2. The van der Waals surface area contributed by atoms with Gasteiger partial charge in [-0.1, -0.05) is 6.92 Å². The smallest absolute Gasteiger partial charge is 0.237 e. The number of likely N-dealkylation sites (tertiary alicyclic amines) is 1. The molecule has 21 heavy (non-hydrogen) atoms. The summed E-state index contributed by atoms with van der Waals surface area (Å²) in [6.45, 7) is 7.71. The van der Waals surface area contributed by atoms with Gasteiger partial charge in [-0.2, -0.15) is 0 Å². The van der Waals surface area contributed by atoms with Crippen molar-refractivity contribution in [2.75, 3.05) is 33.7 Å². The van der Waals surface area contributed by atoms with E-state index < -0.39 is 5.41 Å². The van der Waals surface area contributed by atoms with E-state index in [-0.39, 0.29) is 11.8 Å². The maximum absolute atomic E-state index is 12.8. The summed E-state index contributed by atoms with van der Waals surface area (Å²) in [6, 6.07) is 0.292. The molecule has 1 saturated heterocycles. The molecule has 1 N–H and O–H groups in total. The largest absolute Gasteiger partial charge is 0.354 e. The van der Waals surface area contributed by atoms with Crippen LogP contribution in [-0.4, -0.2) is 61.4 Å². The van der Waals surface area contributed by atoms with Crippen LogP contribution in [-0.2, 0) is 9.59 Å². The van der Waals surface area contributed by atoms with Gasteiger partial charge in [0.25, 0.3) is 0 Å². The van der Waals surface area contributed by atoms with Crippen LogP contribution in [0.3, 0.4) is 0 Å². The number of nitrogens with one attached hydrogen (secondary N) is 1. The van der Waals surface area contributed by atoms with Crippen LogP contribution in [0.2, 0.25) is 0 Å². The second-order valence-corrected chi connectivity index (χ2v) is 6.74. The number of piperidine rings is 1. The minimum Gasteiger partial charge on any atom is -0.354 e. The Morgan fingerprint density at radius 3 is 2.52 bits per heavy atom. The Kier molecular flexibility index (Phi) is 6.65. The number of rotatable bonds is 6. The van der Waals surface area contributed by atoms with Crippen molar-refractivity contribution in [1.29, 1.82) is 0 Å². The van der Waals surface area contributed by atoms with E-state index in [2.05, 4.69) is 12.2 Å². The first-order valence-electron chi connectivity index (χ1n) is 8.04. The molecule has 0 aromatic rings. The third kappa shape index (κ3) is 4.70. The zero-order valence-electron chi connectivity index (χ0n) is 14.2. The highest BCUT2D eigenvalue weighted by Gasteiger charge is 2.41. The van der Waals surface area contributed by atoms with Gasteiger partial charge in [-0.05, 0) is 53.6 Å². The number of likely N-dealkylation sites (N-methyl/N-ethyl adjacent to an activating group) is 1. The standard InChI is InChI=1S/C16H31N3O2/c1-6-13-9-7-8-11-19(13)15(21)16(2,3)14(20)17-10-12-18(4)5/h13H,6-12H2,1-5H3,(H,17,20). The Morgan fingerprint density at radius 2 is 1.95 bits per heavy atom. The Bertz CT molecular complexity index is 367. The minimum atomic E-state index is -0.989. The lowest BCUT2D eigenvalue weighted by molar-refractivity contribution is -0.151. The fourth-order valence-electron chi connectivity index (χ4n) is 2.76. The predicted molar refractivity (Wildman–Crippen MR) is 85.0 cm³/mol. The zero-order valence-corrected chi connectivity index (χ0v) is 14.2. The molecule has 1 rings (SSSR count). The highest BCUT2D eigenvalue weighted by molar-refractivity contribution is 6.04. The van der Waals surface area contributed by atoms with E-state index in [9.17, 15) is 9.59 Å². The van der Waals surface area contributed by atoms with E-state index in [1.54, 1.807) is 13.8 Å². The van der Waals surface area contributed by atoms with E-state index in [1.165, 1.54) is 6.42 Å². The first-order valence-corrected chi connectivity index (χ1v) is 8.04. The van der Waals surface area contributed by atoms with Crippen LogP contribution in [0.15, 0.2) is 0 Å². The molecule has 0 spiro atoms. The van der Waals surface area contributed by atoms with Gasteiger partial charge in [0, 0.05) is 25.7 Å². The number of hydrogen-bond donors (Lipinski definition) is 1. The minimum absolute atomic E-state index is 0.0311. The molecular formula is C16H31N3O2. The lowest BCUT2D eigenvalue weighted by atomic mass is 9.87. The molecule has 0 aromatic heterocycles. The van der Waals surface area contributed by atoms with E-state index in [4.69, 9.17) is 0 Å². The second kappa shape index (κ2) is 7.78. The van der Waals surface area contributed by atoms with E-state index in [0.29, 0.717) is 12.6 Å². The van der Waals surface area contributed by atoms with E-state index in [0.717, 1.165) is 32.4 Å². The first kappa shape index (κ1) is 18.0. The summed E-state index contributed by atoms with van der Waals surface area (Å²) in [5.41, 5.74) is -0.989. The summed E-state index contributed by atoms with van der Waals surface area (Å²) in [4.78, 5) is 29.1. The first-order chi connectivity index (χ1) is 9.80.